The SMILES string of the molecule is CCCC(C)(C)c1cccc(C(F)F)c1CC#N. The molecule has 0 saturated heterocycles. The van der Waals surface area contributed by atoms with Crippen molar-refractivity contribution in [3.8, 4) is 6.07 Å². The summed E-state index contributed by atoms with van der Waals surface area (Å²) in [6, 6.07) is 6.95. The zero-order valence-electron chi connectivity index (χ0n) is 11.1. The highest BCUT2D eigenvalue weighted by molar-refractivity contribution is 5.41. The second-order valence-corrected chi connectivity index (χ2v) is 5.14. The Labute approximate surface area is 107 Å². The van der Waals surface area contributed by atoms with E-state index in [1.807, 2.05) is 26.0 Å². The molecule has 1 aromatic rings. The first kappa shape index (κ1) is 14.6. The van der Waals surface area contributed by atoms with Crippen LogP contribution in [-0.2, 0) is 11.8 Å². The number of hydrogen-bond acceptors (Lipinski definition) is 1. The highest BCUT2D eigenvalue weighted by Gasteiger charge is 2.25. The molecule has 0 heterocycles. The minimum atomic E-state index is -2.52. The maximum Gasteiger partial charge on any atom is 0.264 e. The molecule has 0 radical (unpaired) electrons. The second kappa shape index (κ2) is 5.95. The van der Waals surface area contributed by atoms with Crippen LogP contribution in [0.4, 0.5) is 8.78 Å². The zero-order valence-corrected chi connectivity index (χ0v) is 11.1. The van der Waals surface area contributed by atoms with E-state index in [9.17, 15) is 8.78 Å². The van der Waals surface area contributed by atoms with Crippen LogP contribution in [0.3, 0.4) is 0 Å². The van der Waals surface area contributed by atoms with Crippen LogP contribution < -0.4 is 0 Å². The molecule has 0 aliphatic heterocycles. The number of nitrogens with zero attached hydrogens (tertiary/aromatic N) is 1. The van der Waals surface area contributed by atoms with Gasteiger partial charge in [0, 0.05) is 5.56 Å². The van der Waals surface area contributed by atoms with E-state index >= 15 is 0 Å². The van der Waals surface area contributed by atoms with Crippen molar-refractivity contribution >= 4 is 0 Å². The third-order valence-electron chi connectivity index (χ3n) is 3.31. The Morgan fingerprint density at radius 3 is 2.50 bits per heavy atom. The summed E-state index contributed by atoms with van der Waals surface area (Å²) >= 11 is 0. The van der Waals surface area contributed by atoms with Crippen LogP contribution in [-0.4, -0.2) is 0 Å². The Balaban J connectivity index is 3.35. The van der Waals surface area contributed by atoms with Crippen LogP contribution in [0, 0.1) is 11.3 Å². The lowest BCUT2D eigenvalue weighted by Gasteiger charge is -2.28. The summed E-state index contributed by atoms with van der Waals surface area (Å²) in [6.45, 7) is 6.16. The molecular weight excluding hydrogens is 232 g/mol. The molecular formula is C15H19F2N. The summed E-state index contributed by atoms with van der Waals surface area (Å²) in [6.07, 6.45) is -0.579. The molecule has 0 saturated carbocycles. The van der Waals surface area contributed by atoms with Crippen LogP contribution in [0.1, 0.15) is 56.7 Å². The third kappa shape index (κ3) is 3.07. The van der Waals surface area contributed by atoms with E-state index in [4.69, 9.17) is 5.26 Å². The molecule has 0 aliphatic carbocycles. The first-order valence-electron chi connectivity index (χ1n) is 6.21. The number of hydrogen-bond donors (Lipinski definition) is 0. The van der Waals surface area contributed by atoms with E-state index in [0.717, 1.165) is 18.4 Å². The van der Waals surface area contributed by atoms with Gasteiger partial charge in [0.2, 0.25) is 0 Å². The molecule has 0 unspecified atom stereocenters. The number of nitriles is 1. The summed E-state index contributed by atoms with van der Waals surface area (Å²) < 4.78 is 26.0. The number of halogens is 2. The predicted octanol–water partition coefficient (Wildman–Crippen LogP) is 4.77. The molecule has 18 heavy (non-hydrogen) atoms. The Morgan fingerprint density at radius 1 is 1.33 bits per heavy atom. The lowest BCUT2D eigenvalue weighted by molar-refractivity contribution is 0.150. The molecule has 0 N–H and O–H groups in total. The first-order chi connectivity index (χ1) is 8.44. The van der Waals surface area contributed by atoms with Gasteiger partial charge >= 0.3 is 0 Å². The number of benzene rings is 1. The Bertz CT molecular complexity index is 444. The normalized spacial score (nSPS) is 11.6. The van der Waals surface area contributed by atoms with Crippen molar-refractivity contribution < 1.29 is 8.78 Å². The van der Waals surface area contributed by atoms with E-state index in [-0.39, 0.29) is 17.4 Å². The highest BCUT2D eigenvalue weighted by Crippen LogP contribution is 2.35. The summed E-state index contributed by atoms with van der Waals surface area (Å²) in [5, 5.41) is 8.85. The Kier molecular flexibility index (Phi) is 4.84. The average molecular weight is 251 g/mol. The van der Waals surface area contributed by atoms with E-state index in [1.54, 1.807) is 6.07 Å². The van der Waals surface area contributed by atoms with Gasteiger partial charge in [0.15, 0.2) is 0 Å². The largest absolute Gasteiger partial charge is 0.264 e. The highest BCUT2D eigenvalue weighted by atomic mass is 19.3. The molecule has 3 heteroatoms. The van der Waals surface area contributed by atoms with Crippen LogP contribution in [0.15, 0.2) is 18.2 Å². The summed E-state index contributed by atoms with van der Waals surface area (Å²) in [4.78, 5) is 0. The molecule has 0 aromatic heterocycles. The van der Waals surface area contributed by atoms with Crippen molar-refractivity contribution in [2.75, 3.05) is 0 Å². The van der Waals surface area contributed by atoms with Gasteiger partial charge in [0.05, 0.1) is 12.5 Å². The number of rotatable bonds is 5. The van der Waals surface area contributed by atoms with E-state index < -0.39 is 6.43 Å². The summed E-state index contributed by atoms with van der Waals surface area (Å²) in [5.74, 6) is 0. The molecule has 0 aliphatic rings. The molecule has 98 valence electrons. The van der Waals surface area contributed by atoms with Gasteiger partial charge < -0.3 is 0 Å². The van der Waals surface area contributed by atoms with Crippen LogP contribution in [0.2, 0.25) is 0 Å². The minimum Gasteiger partial charge on any atom is -0.205 e. The summed E-state index contributed by atoms with van der Waals surface area (Å²) in [7, 11) is 0. The fourth-order valence-electron chi connectivity index (χ4n) is 2.48. The molecule has 0 fully saturated rings. The minimum absolute atomic E-state index is 0.00164. The van der Waals surface area contributed by atoms with Gasteiger partial charge in [-0.15, -0.1) is 0 Å². The lowest BCUT2D eigenvalue weighted by atomic mass is 9.76. The Hall–Kier alpha value is -1.43. The van der Waals surface area contributed by atoms with Crippen molar-refractivity contribution in [1.82, 2.24) is 0 Å². The van der Waals surface area contributed by atoms with Crippen LogP contribution in [0.5, 0.6) is 0 Å². The van der Waals surface area contributed by atoms with Crippen molar-refractivity contribution in [2.24, 2.45) is 0 Å². The molecule has 0 atom stereocenters. The predicted molar refractivity (Wildman–Crippen MR) is 68.7 cm³/mol. The van der Waals surface area contributed by atoms with Crippen molar-refractivity contribution in [2.45, 2.75) is 51.9 Å². The standard InChI is InChI=1S/C15H19F2N/c1-4-9-15(2,3)13-7-5-6-12(14(16)17)11(13)8-10-18/h5-7,14H,4,8-9H2,1-3H3. The van der Waals surface area contributed by atoms with Crippen molar-refractivity contribution in [3.63, 3.8) is 0 Å². The summed E-state index contributed by atoms with van der Waals surface area (Å²) in [5.41, 5.74) is 1.21. The number of alkyl halides is 2. The van der Waals surface area contributed by atoms with Gasteiger partial charge in [-0.2, -0.15) is 5.26 Å². The first-order valence-corrected chi connectivity index (χ1v) is 6.21. The second-order valence-electron chi connectivity index (χ2n) is 5.14. The molecule has 0 bridgehead atoms. The third-order valence-corrected chi connectivity index (χ3v) is 3.31. The van der Waals surface area contributed by atoms with Gasteiger partial charge in [-0.1, -0.05) is 45.4 Å². The van der Waals surface area contributed by atoms with Crippen LogP contribution in [0.25, 0.3) is 0 Å². The van der Waals surface area contributed by atoms with E-state index in [1.165, 1.54) is 6.07 Å². The Morgan fingerprint density at radius 2 is 2.00 bits per heavy atom. The van der Waals surface area contributed by atoms with Gasteiger partial charge in [-0.3, -0.25) is 0 Å². The van der Waals surface area contributed by atoms with Gasteiger partial charge in [0.1, 0.15) is 0 Å². The van der Waals surface area contributed by atoms with E-state index in [0.29, 0.717) is 5.56 Å². The van der Waals surface area contributed by atoms with Crippen molar-refractivity contribution in [3.05, 3.63) is 34.9 Å². The fraction of sp³-hybridized carbons (Fsp3) is 0.533. The maximum absolute atomic E-state index is 13.0. The van der Waals surface area contributed by atoms with Gasteiger partial charge in [0.25, 0.3) is 6.43 Å². The molecule has 1 rings (SSSR count). The van der Waals surface area contributed by atoms with Crippen molar-refractivity contribution in [1.29, 1.82) is 5.26 Å². The smallest absolute Gasteiger partial charge is 0.205 e. The zero-order chi connectivity index (χ0) is 13.8. The van der Waals surface area contributed by atoms with Gasteiger partial charge in [-0.05, 0) is 23.0 Å². The van der Waals surface area contributed by atoms with Gasteiger partial charge in [-0.25, -0.2) is 8.78 Å². The topological polar surface area (TPSA) is 23.8 Å². The molecule has 0 amide bonds. The fourth-order valence-corrected chi connectivity index (χ4v) is 2.48. The average Bonchev–Trinajstić information content (AvgIpc) is 2.29. The quantitative estimate of drug-likeness (QED) is 0.739. The van der Waals surface area contributed by atoms with E-state index in [2.05, 4.69) is 6.92 Å². The molecule has 1 nitrogen and oxygen atoms in total. The molecule has 1 aromatic carbocycles. The lowest BCUT2D eigenvalue weighted by Crippen LogP contribution is -2.20. The van der Waals surface area contributed by atoms with Crippen LogP contribution >= 0.6 is 0 Å². The molecule has 0 spiro atoms. The monoisotopic (exact) mass is 251 g/mol. The maximum atomic E-state index is 13.0.